The number of aryl methyl sites for hydroxylation is 2. The fourth-order valence-corrected chi connectivity index (χ4v) is 4.24. The molecule has 0 aliphatic carbocycles. The van der Waals surface area contributed by atoms with Crippen LogP contribution in [0.1, 0.15) is 46.1 Å². The molecular formula is C25H27N3O4. The molecule has 4 rings (SSSR count). The fourth-order valence-electron chi connectivity index (χ4n) is 4.24. The number of carboxylic acid groups (broad SMARTS) is 1. The summed E-state index contributed by atoms with van der Waals surface area (Å²) in [5.41, 5.74) is 2.90. The van der Waals surface area contributed by atoms with Gasteiger partial charge in [-0.25, -0.2) is 14.8 Å². The van der Waals surface area contributed by atoms with Gasteiger partial charge >= 0.3 is 5.97 Å². The third-order valence-electron chi connectivity index (χ3n) is 5.89. The maximum Gasteiger partial charge on any atom is 0.339 e. The van der Waals surface area contributed by atoms with Crippen LogP contribution in [0.4, 0.5) is 5.95 Å². The molecule has 7 nitrogen and oxygen atoms in total. The summed E-state index contributed by atoms with van der Waals surface area (Å²) in [5, 5.41) is 9.64. The Hall–Kier alpha value is -3.61. The van der Waals surface area contributed by atoms with E-state index in [1.54, 1.807) is 14.2 Å². The van der Waals surface area contributed by atoms with Crippen molar-refractivity contribution in [3.63, 3.8) is 0 Å². The van der Waals surface area contributed by atoms with Crippen molar-refractivity contribution < 1.29 is 19.4 Å². The van der Waals surface area contributed by atoms with Crippen LogP contribution in [0, 0.1) is 0 Å². The first-order valence-corrected chi connectivity index (χ1v) is 10.7. The second-order valence-electron chi connectivity index (χ2n) is 7.78. The van der Waals surface area contributed by atoms with E-state index in [0.29, 0.717) is 24.5 Å². The summed E-state index contributed by atoms with van der Waals surface area (Å²) in [7, 11) is 3.28. The average molecular weight is 434 g/mol. The zero-order valence-corrected chi connectivity index (χ0v) is 18.3. The van der Waals surface area contributed by atoms with Crippen molar-refractivity contribution in [2.24, 2.45) is 0 Å². The molecule has 3 aromatic rings. The van der Waals surface area contributed by atoms with Gasteiger partial charge in [0.15, 0.2) is 0 Å². The SMILES string of the molecule is COc1ccc([C@@H]2CCCN2c2ncc(C(=O)O)c(CCc3ccccc3)n2)c(OC)c1. The van der Waals surface area contributed by atoms with Crippen molar-refractivity contribution in [1.29, 1.82) is 0 Å². The number of nitrogens with zero attached hydrogens (tertiary/aromatic N) is 3. The average Bonchev–Trinajstić information content (AvgIpc) is 3.32. The van der Waals surface area contributed by atoms with Crippen molar-refractivity contribution in [1.82, 2.24) is 9.97 Å². The molecule has 1 aliphatic rings. The number of carbonyl (C=O) groups is 1. The van der Waals surface area contributed by atoms with Gasteiger partial charge in [-0.3, -0.25) is 0 Å². The molecule has 2 aromatic carbocycles. The Labute approximate surface area is 187 Å². The smallest absolute Gasteiger partial charge is 0.339 e. The largest absolute Gasteiger partial charge is 0.497 e. The zero-order chi connectivity index (χ0) is 22.5. The molecule has 0 unspecified atom stereocenters. The number of hydrogen-bond acceptors (Lipinski definition) is 6. The van der Waals surface area contributed by atoms with E-state index in [0.717, 1.165) is 42.0 Å². The highest BCUT2D eigenvalue weighted by Gasteiger charge is 2.31. The molecule has 2 heterocycles. The summed E-state index contributed by atoms with van der Waals surface area (Å²) in [5.74, 6) is 1.04. The third-order valence-corrected chi connectivity index (χ3v) is 5.89. The van der Waals surface area contributed by atoms with Crippen LogP contribution in [-0.2, 0) is 12.8 Å². The highest BCUT2D eigenvalue weighted by Crippen LogP contribution is 2.40. The minimum atomic E-state index is -1.01. The minimum absolute atomic E-state index is 0.0495. The monoisotopic (exact) mass is 433 g/mol. The molecule has 0 bridgehead atoms. The van der Waals surface area contributed by atoms with E-state index >= 15 is 0 Å². The first-order chi connectivity index (χ1) is 15.6. The Morgan fingerprint density at radius 3 is 2.66 bits per heavy atom. The normalized spacial score (nSPS) is 15.6. The van der Waals surface area contributed by atoms with E-state index in [9.17, 15) is 9.90 Å². The Morgan fingerprint density at radius 1 is 1.12 bits per heavy atom. The number of rotatable bonds is 8. The van der Waals surface area contributed by atoms with E-state index in [1.165, 1.54) is 6.20 Å². The Kier molecular flexibility index (Phi) is 6.54. The molecular weight excluding hydrogens is 406 g/mol. The second kappa shape index (κ2) is 9.68. The predicted octanol–water partition coefficient (Wildman–Crippen LogP) is 4.32. The highest BCUT2D eigenvalue weighted by atomic mass is 16.5. The molecule has 0 spiro atoms. The standard InChI is InChI=1S/C25H27N3O4/c1-31-18-11-12-19(23(15-18)32-2)22-9-6-14-28(22)25-26-16-20(24(29)30)21(27-25)13-10-17-7-4-3-5-8-17/h3-5,7-8,11-12,15-16,22H,6,9-10,13-14H2,1-2H3,(H,29,30)/t22-/m0/s1. The maximum atomic E-state index is 11.8. The van der Waals surface area contributed by atoms with Crippen molar-refractivity contribution in [3.8, 4) is 11.5 Å². The van der Waals surface area contributed by atoms with Gasteiger partial charge in [-0.1, -0.05) is 30.3 Å². The lowest BCUT2D eigenvalue weighted by Gasteiger charge is -2.27. The van der Waals surface area contributed by atoms with E-state index in [1.807, 2.05) is 48.5 Å². The zero-order valence-electron chi connectivity index (χ0n) is 18.3. The number of hydrogen-bond donors (Lipinski definition) is 1. The molecule has 1 N–H and O–H groups in total. The number of benzene rings is 2. The molecule has 166 valence electrons. The van der Waals surface area contributed by atoms with Gasteiger partial charge in [-0.2, -0.15) is 0 Å². The number of anilines is 1. The van der Waals surface area contributed by atoms with Crippen LogP contribution in [0.2, 0.25) is 0 Å². The first-order valence-electron chi connectivity index (χ1n) is 10.7. The van der Waals surface area contributed by atoms with Crippen molar-refractivity contribution in [2.45, 2.75) is 31.7 Å². The van der Waals surface area contributed by atoms with Crippen LogP contribution < -0.4 is 14.4 Å². The lowest BCUT2D eigenvalue weighted by molar-refractivity contribution is 0.0694. The van der Waals surface area contributed by atoms with Gasteiger partial charge < -0.3 is 19.5 Å². The van der Waals surface area contributed by atoms with E-state index in [-0.39, 0.29) is 11.6 Å². The van der Waals surface area contributed by atoms with Gasteiger partial charge in [-0.15, -0.1) is 0 Å². The van der Waals surface area contributed by atoms with Gasteiger partial charge in [-0.05, 0) is 43.4 Å². The summed E-state index contributed by atoms with van der Waals surface area (Å²) >= 11 is 0. The number of carboxylic acids is 1. The lowest BCUT2D eigenvalue weighted by atomic mass is 10.0. The van der Waals surface area contributed by atoms with Crippen molar-refractivity contribution in [2.75, 3.05) is 25.7 Å². The summed E-state index contributed by atoms with van der Waals surface area (Å²) in [6.07, 6.45) is 4.61. The van der Waals surface area contributed by atoms with Gasteiger partial charge in [0.2, 0.25) is 5.95 Å². The fraction of sp³-hybridized carbons (Fsp3) is 0.320. The molecule has 1 saturated heterocycles. The van der Waals surface area contributed by atoms with Crippen LogP contribution >= 0.6 is 0 Å². The number of methoxy groups -OCH3 is 2. The summed E-state index contributed by atoms with van der Waals surface area (Å²) in [6, 6.07) is 15.9. The number of ether oxygens (including phenoxy) is 2. The topological polar surface area (TPSA) is 84.8 Å². The Bertz CT molecular complexity index is 1090. The van der Waals surface area contributed by atoms with Crippen molar-refractivity contribution in [3.05, 3.63) is 77.1 Å². The molecule has 32 heavy (non-hydrogen) atoms. The van der Waals surface area contributed by atoms with E-state index in [4.69, 9.17) is 14.5 Å². The van der Waals surface area contributed by atoms with E-state index in [2.05, 4.69) is 9.88 Å². The summed E-state index contributed by atoms with van der Waals surface area (Å²) in [6.45, 7) is 0.796. The van der Waals surface area contributed by atoms with Crippen LogP contribution in [0.5, 0.6) is 11.5 Å². The molecule has 7 heteroatoms. The molecule has 1 aromatic heterocycles. The maximum absolute atomic E-state index is 11.8. The highest BCUT2D eigenvalue weighted by molar-refractivity contribution is 5.88. The molecule has 0 radical (unpaired) electrons. The summed E-state index contributed by atoms with van der Waals surface area (Å²) in [4.78, 5) is 23.1. The second-order valence-corrected chi connectivity index (χ2v) is 7.78. The van der Waals surface area contributed by atoms with Crippen LogP contribution in [0.25, 0.3) is 0 Å². The van der Waals surface area contributed by atoms with Crippen LogP contribution in [0.3, 0.4) is 0 Å². The van der Waals surface area contributed by atoms with Gasteiger partial charge in [0.25, 0.3) is 0 Å². The lowest BCUT2D eigenvalue weighted by Crippen LogP contribution is -2.26. The number of aromatic nitrogens is 2. The van der Waals surface area contributed by atoms with Crippen LogP contribution in [0.15, 0.2) is 54.7 Å². The predicted molar refractivity (Wildman–Crippen MR) is 122 cm³/mol. The first kappa shape index (κ1) is 21.6. The molecule has 1 fully saturated rings. The van der Waals surface area contributed by atoms with E-state index < -0.39 is 5.97 Å². The third kappa shape index (κ3) is 4.51. The Balaban J connectivity index is 1.64. The van der Waals surface area contributed by atoms with Crippen molar-refractivity contribution >= 4 is 11.9 Å². The Morgan fingerprint density at radius 2 is 1.94 bits per heavy atom. The van der Waals surface area contributed by atoms with Gasteiger partial charge in [0, 0.05) is 24.4 Å². The summed E-state index contributed by atoms with van der Waals surface area (Å²) < 4.78 is 10.9. The van der Waals surface area contributed by atoms with Gasteiger partial charge in [0.05, 0.1) is 31.5 Å². The number of aromatic carboxylic acids is 1. The molecule has 0 saturated carbocycles. The van der Waals surface area contributed by atoms with Gasteiger partial charge in [0.1, 0.15) is 11.5 Å². The molecule has 1 atom stereocenters. The molecule has 0 amide bonds. The quantitative estimate of drug-likeness (QED) is 0.566. The minimum Gasteiger partial charge on any atom is -0.497 e. The molecule has 1 aliphatic heterocycles. The van der Waals surface area contributed by atoms with Crippen LogP contribution in [-0.4, -0.2) is 41.8 Å².